The molecule has 4 bridgehead atoms. The molecule has 0 aliphatic carbocycles. The number of hydrogen-bond acceptors (Lipinski definition) is 6. The van der Waals surface area contributed by atoms with Gasteiger partial charge in [0.15, 0.2) is 5.78 Å². The number of likely N-dealkylation sites (N-methyl/N-ethyl adjacent to an activating group) is 1. The SMILES string of the molecule is CCCCc1ccc(-c2ccc(C(=O)NCCC(=O)N(C)[C@@H]3C(=O)C[C@@H](C)C(=O)N[C@H](C(=O)OC)Cc4ccc(C)c(c4)-c4cc3ccc4C)cc2)cc1. The van der Waals surface area contributed by atoms with Crippen molar-refractivity contribution in [3.05, 3.63) is 118 Å². The molecule has 3 amide bonds. The second kappa shape index (κ2) is 18.0. The van der Waals surface area contributed by atoms with Crippen LogP contribution in [0.5, 0.6) is 0 Å². The molecular weight excluding hydrogens is 679 g/mol. The first-order valence-corrected chi connectivity index (χ1v) is 18.7. The Bertz CT molecular complexity index is 2000. The predicted molar refractivity (Wildman–Crippen MR) is 211 cm³/mol. The van der Waals surface area contributed by atoms with E-state index in [1.807, 2.05) is 62.4 Å². The molecule has 9 heteroatoms. The van der Waals surface area contributed by atoms with Crippen molar-refractivity contribution in [1.29, 1.82) is 0 Å². The molecule has 0 unspecified atom stereocenters. The number of carbonyl (C=O) groups is 5. The molecule has 0 saturated carbocycles. The van der Waals surface area contributed by atoms with E-state index in [9.17, 15) is 24.0 Å². The van der Waals surface area contributed by atoms with Crippen LogP contribution < -0.4 is 10.6 Å². The summed E-state index contributed by atoms with van der Waals surface area (Å²) in [6.07, 6.45) is 3.40. The number of fused-ring (bicyclic) bond motifs is 5. The zero-order valence-electron chi connectivity index (χ0n) is 32.2. The van der Waals surface area contributed by atoms with Crippen LogP contribution in [0.15, 0.2) is 84.9 Å². The Morgan fingerprint density at radius 1 is 0.852 bits per heavy atom. The fraction of sp³-hybridized carbons (Fsp3) is 0.356. The lowest BCUT2D eigenvalue weighted by Gasteiger charge is -2.30. The minimum Gasteiger partial charge on any atom is -0.467 e. The molecule has 0 spiro atoms. The van der Waals surface area contributed by atoms with Crippen molar-refractivity contribution in [3.63, 3.8) is 0 Å². The van der Waals surface area contributed by atoms with Crippen molar-refractivity contribution in [3.8, 4) is 22.3 Å². The topological polar surface area (TPSA) is 122 Å². The number of nitrogens with zero attached hydrogens (tertiary/aromatic N) is 1. The molecule has 5 rings (SSSR count). The molecule has 0 radical (unpaired) electrons. The molecule has 1 heterocycles. The second-order valence-electron chi connectivity index (χ2n) is 14.4. The van der Waals surface area contributed by atoms with Gasteiger partial charge >= 0.3 is 5.97 Å². The lowest BCUT2D eigenvalue weighted by molar-refractivity contribution is -0.145. The monoisotopic (exact) mass is 729 g/mol. The number of ketones is 1. The summed E-state index contributed by atoms with van der Waals surface area (Å²) in [7, 11) is 2.85. The Morgan fingerprint density at radius 2 is 1.48 bits per heavy atom. The van der Waals surface area contributed by atoms with Crippen LogP contribution in [0.25, 0.3) is 22.3 Å². The van der Waals surface area contributed by atoms with Crippen LogP contribution in [0, 0.1) is 19.8 Å². The first-order chi connectivity index (χ1) is 25.9. The van der Waals surface area contributed by atoms with E-state index in [0.29, 0.717) is 11.1 Å². The maximum absolute atomic E-state index is 14.1. The molecule has 3 atom stereocenters. The molecule has 0 aromatic heterocycles. The van der Waals surface area contributed by atoms with E-state index in [2.05, 4.69) is 41.8 Å². The standard InChI is InChI=1S/C45H51N3O6/c1-7-8-9-31-13-16-33(17-14-31)34-18-20-35(21-19-34)44(52)46-23-22-41(50)48(5)42-36-15-11-29(3)38(27-36)37-25-32(12-10-28(37)2)26-39(45(53)54-6)47-43(51)30(4)24-40(42)49/h10-21,25,27,30,39,42H,7-9,22-24,26H2,1-6H3,(H,46,52)(H,47,51)/t30-,39+,42+/m1/s1. The first kappa shape index (κ1) is 39.6. The Morgan fingerprint density at radius 3 is 2.13 bits per heavy atom. The zero-order chi connectivity index (χ0) is 38.9. The number of Topliss-reactive ketones (excluding diaryl/α,β-unsaturated/α-hetero) is 1. The number of amides is 3. The summed E-state index contributed by atoms with van der Waals surface area (Å²) < 4.78 is 5.00. The Hall–Kier alpha value is -5.57. The highest BCUT2D eigenvalue weighted by Gasteiger charge is 2.33. The number of esters is 1. The van der Waals surface area contributed by atoms with Gasteiger partial charge in [-0.1, -0.05) is 87.0 Å². The Labute approximate surface area is 318 Å². The van der Waals surface area contributed by atoms with E-state index >= 15 is 0 Å². The fourth-order valence-corrected chi connectivity index (χ4v) is 6.97. The van der Waals surface area contributed by atoms with Gasteiger partial charge in [-0.3, -0.25) is 19.2 Å². The van der Waals surface area contributed by atoms with Gasteiger partial charge in [-0.25, -0.2) is 4.79 Å². The fourth-order valence-electron chi connectivity index (χ4n) is 6.97. The number of hydrogen-bond donors (Lipinski definition) is 2. The first-order valence-electron chi connectivity index (χ1n) is 18.7. The summed E-state index contributed by atoms with van der Waals surface area (Å²) in [5.41, 5.74) is 9.13. The van der Waals surface area contributed by atoms with Gasteiger partial charge in [0, 0.05) is 44.3 Å². The van der Waals surface area contributed by atoms with Crippen LogP contribution in [-0.2, 0) is 36.8 Å². The normalized spacial score (nSPS) is 17.2. The summed E-state index contributed by atoms with van der Waals surface area (Å²) in [5, 5.41) is 5.63. The average Bonchev–Trinajstić information content (AvgIpc) is 3.17. The highest BCUT2D eigenvalue weighted by molar-refractivity contribution is 5.96. The zero-order valence-corrected chi connectivity index (χ0v) is 32.2. The van der Waals surface area contributed by atoms with E-state index in [1.165, 1.54) is 17.6 Å². The predicted octanol–water partition coefficient (Wildman–Crippen LogP) is 7.11. The molecule has 0 fully saturated rings. The van der Waals surface area contributed by atoms with Gasteiger partial charge in [-0.05, 0) is 95.0 Å². The van der Waals surface area contributed by atoms with Gasteiger partial charge in [0.05, 0.1) is 7.11 Å². The molecule has 4 aromatic rings. The Balaban J connectivity index is 1.33. The lowest BCUT2D eigenvalue weighted by atomic mass is 9.87. The largest absolute Gasteiger partial charge is 0.467 e. The molecule has 1 aliphatic rings. The number of carbonyl (C=O) groups excluding carboxylic acids is 5. The maximum Gasteiger partial charge on any atom is 0.328 e. The van der Waals surface area contributed by atoms with Crippen molar-refractivity contribution < 1.29 is 28.7 Å². The van der Waals surface area contributed by atoms with Gasteiger partial charge < -0.3 is 20.3 Å². The van der Waals surface area contributed by atoms with Gasteiger partial charge in [0.1, 0.15) is 12.1 Å². The maximum atomic E-state index is 14.1. The molecule has 282 valence electrons. The van der Waals surface area contributed by atoms with Crippen molar-refractivity contribution in [2.75, 3.05) is 20.7 Å². The quantitative estimate of drug-likeness (QED) is 0.168. The van der Waals surface area contributed by atoms with E-state index in [4.69, 9.17) is 4.74 Å². The highest BCUT2D eigenvalue weighted by atomic mass is 16.5. The third-order valence-electron chi connectivity index (χ3n) is 10.3. The smallest absolute Gasteiger partial charge is 0.328 e. The van der Waals surface area contributed by atoms with E-state index in [0.717, 1.165) is 58.2 Å². The minimum atomic E-state index is -0.987. The summed E-state index contributed by atoms with van der Waals surface area (Å²) in [5.74, 6) is -2.78. The van der Waals surface area contributed by atoms with Crippen LogP contribution in [-0.4, -0.2) is 61.1 Å². The van der Waals surface area contributed by atoms with Crippen molar-refractivity contribution >= 4 is 29.5 Å². The van der Waals surface area contributed by atoms with Gasteiger partial charge in [0.25, 0.3) is 5.91 Å². The van der Waals surface area contributed by atoms with E-state index < -0.39 is 29.9 Å². The van der Waals surface area contributed by atoms with E-state index in [1.54, 1.807) is 26.1 Å². The molecule has 2 N–H and O–H groups in total. The van der Waals surface area contributed by atoms with E-state index in [-0.39, 0.29) is 43.4 Å². The van der Waals surface area contributed by atoms with Gasteiger partial charge in [0.2, 0.25) is 11.8 Å². The molecule has 54 heavy (non-hydrogen) atoms. The minimum absolute atomic E-state index is 0.0365. The molecule has 9 nitrogen and oxygen atoms in total. The lowest BCUT2D eigenvalue weighted by Crippen LogP contribution is -2.46. The van der Waals surface area contributed by atoms with Crippen molar-refractivity contribution in [1.82, 2.24) is 15.5 Å². The van der Waals surface area contributed by atoms with Crippen LogP contribution in [0.3, 0.4) is 0 Å². The second-order valence-corrected chi connectivity index (χ2v) is 14.4. The van der Waals surface area contributed by atoms with Crippen LogP contribution in [0.4, 0.5) is 0 Å². The van der Waals surface area contributed by atoms with Crippen LogP contribution in [0.1, 0.15) is 83.7 Å². The van der Waals surface area contributed by atoms with Crippen LogP contribution >= 0.6 is 0 Å². The van der Waals surface area contributed by atoms with Gasteiger partial charge in [-0.15, -0.1) is 0 Å². The molecule has 0 saturated heterocycles. The molecule has 1 aliphatic heterocycles. The summed E-state index contributed by atoms with van der Waals surface area (Å²) in [4.78, 5) is 68.4. The third-order valence-corrected chi connectivity index (χ3v) is 10.3. The third kappa shape index (κ3) is 9.50. The van der Waals surface area contributed by atoms with Gasteiger partial charge in [-0.2, -0.15) is 0 Å². The summed E-state index contributed by atoms with van der Waals surface area (Å²) in [6, 6.07) is 25.5. The highest BCUT2D eigenvalue weighted by Crippen LogP contribution is 2.34. The number of nitrogens with one attached hydrogen (secondary N) is 2. The number of benzene rings is 4. The number of unbranched alkanes of at least 4 members (excludes halogenated alkanes) is 1. The molecule has 4 aromatic carbocycles. The van der Waals surface area contributed by atoms with Crippen LogP contribution in [0.2, 0.25) is 0 Å². The van der Waals surface area contributed by atoms with Crippen molar-refractivity contribution in [2.24, 2.45) is 5.92 Å². The Kier molecular flexibility index (Phi) is 13.2. The molecular formula is C45H51N3O6. The number of aryl methyl sites for hydroxylation is 3. The number of ether oxygens (including phenoxy) is 1. The summed E-state index contributed by atoms with van der Waals surface area (Å²) >= 11 is 0. The average molecular weight is 730 g/mol. The summed E-state index contributed by atoms with van der Waals surface area (Å²) in [6.45, 7) is 7.86. The number of methoxy groups -OCH3 is 1. The number of rotatable bonds is 10. The van der Waals surface area contributed by atoms with Crippen molar-refractivity contribution in [2.45, 2.75) is 78.3 Å².